The van der Waals surface area contributed by atoms with Crippen molar-refractivity contribution in [1.82, 2.24) is 20.0 Å². The number of carbonyl (C=O) groups is 1. The smallest absolute Gasteiger partial charge is 0.229 e. The molecule has 164 valence electrons. The Hall–Kier alpha value is -2.67. The quantitative estimate of drug-likeness (QED) is 0.594. The van der Waals surface area contributed by atoms with Gasteiger partial charge in [-0.1, -0.05) is 23.4 Å². The molecule has 1 saturated carbocycles. The number of H-pyrrole nitrogens is 1. The van der Waals surface area contributed by atoms with Crippen LogP contribution in [0.3, 0.4) is 0 Å². The van der Waals surface area contributed by atoms with Crippen LogP contribution in [0.4, 0.5) is 0 Å². The fourth-order valence-corrected chi connectivity index (χ4v) is 4.75. The maximum absolute atomic E-state index is 12.9. The minimum atomic E-state index is -0.166. The molecular formula is C24H30N4O3. The third-order valence-electron chi connectivity index (χ3n) is 6.98. The van der Waals surface area contributed by atoms with Gasteiger partial charge in [-0.05, 0) is 50.2 Å². The van der Waals surface area contributed by atoms with E-state index >= 15 is 0 Å². The number of piperidine rings is 1. The molecule has 7 nitrogen and oxygen atoms in total. The lowest BCUT2D eigenvalue weighted by molar-refractivity contribution is -0.133. The van der Waals surface area contributed by atoms with Gasteiger partial charge in [0, 0.05) is 61.7 Å². The second-order valence-corrected chi connectivity index (χ2v) is 8.99. The van der Waals surface area contributed by atoms with Crippen LogP contribution in [-0.2, 0) is 21.4 Å². The minimum absolute atomic E-state index is 0.166. The summed E-state index contributed by atoms with van der Waals surface area (Å²) in [5.74, 6) is 2.26. The highest BCUT2D eigenvalue weighted by Gasteiger charge is 2.42. The van der Waals surface area contributed by atoms with E-state index in [1.54, 1.807) is 7.11 Å². The summed E-state index contributed by atoms with van der Waals surface area (Å²) in [6, 6.07) is 8.24. The Bertz CT molecular complexity index is 1040. The van der Waals surface area contributed by atoms with Crippen molar-refractivity contribution < 1.29 is 14.1 Å². The molecule has 2 fully saturated rings. The molecule has 1 saturated heterocycles. The minimum Gasteiger partial charge on any atom is -0.385 e. The number of hydrogen-bond donors (Lipinski definition) is 1. The van der Waals surface area contributed by atoms with Gasteiger partial charge in [0.05, 0.1) is 0 Å². The predicted molar refractivity (Wildman–Crippen MR) is 117 cm³/mol. The average molecular weight is 423 g/mol. The molecule has 31 heavy (non-hydrogen) atoms. The van der Waals surface area contributed by atoms with Crippen molar-refractivity contribution >= 4 is 16.8 Å². The first-order valence-corrected chi connectivity index (χ1v) is 11.3. The van der Waals surface area contributed by atoms with Crippen molar-refractivity contribution in [3.63, 3.8) is 0 Å². The molecule has 7 heteroatoms. The third kappa shape index (κ3) is 4.11. The van der Waals surface area contributed by atoms with Crippen LogP contribution in [-0.4, -0.2) is 52.7 Å². The molecule has 2 aliphatic rings. The van der Waals surface area contributed by atoms with E-state index < -0.39 is 0 Å². The van der Waals surface area contributed by atoms with E-state index in [9.17, 15) is 4.79 Å². The first-order chi connectivity index (χ1) is 15.2. The van der Waals surface area contributed by atoms with Gasteiger partial charge in [0.15, 0.2) is 5.82 Å². The lowest BCUT2D eigenvalue weighted by Crippen LogP contribution is -2.46. The monoisotopic (exact) mass is 422 g/mol. The second-order valence-electron chi connectivity index (χ2n) is 8.99. The number of benzene rings is 1. The number of nitrogens with zero attached hydrogens (tertiary/aromatic N) is 3. The van der Waals surface area contributed by atoms with Crippen molar-refractivity contribution in [2.45, 2.75) is 56.3 Å². The number of nitrogens with one attached hydrogen (secondary N) is 1. The highest BCUT2D eigenvalue weighted by atomic mass is 16.5. The van der Waals surface area contributed by atoms with Crippen LogP contribution in [0.15, 0.2) is 35.0 Å². The number of para-hydroxylation sites is 1. The highest BCUT2D eigenvalue weighted by molar-refractivity contribution is 5.84. The number of amides is 1. The Balaban J connectivity index is 1.22. The van der Waals surface area contributed by atoms with Gasteiger partial charge in [-0.2, -0.15) is 4.98 Å². The number of ether oxygens (including phenoxy) is 1. The molecule has 3 heterocycles. The summed E-state index contributed by atoms with van der Waals surface area (Å²) in [4.78, 5) is 23.0. The summed E-state index contributed by atoms with van der Waals surface area (Å²) in [6.07, 6.45) is 8.14. The fraction of sp³-hybridized carbons (Fsp3) is 0.542. The first-order valence-electron chi connectivity index (χ1n) is 11.3. The van der Waals surface area contributed by atoms with Gasteiger partial charge in [-0.3, -0.25) is 4.79 Å². The summed E-state index contributed by atoms with van der Waals surface area (Å²) in [5.41, 5.74) is 2.16. The Kier molecular flexibility index (Phi) is 5.52. The molecule has 3 aromatic rings. The number of aromatic nitrogens is 3. The summed E-state index contributed by atoms with van der Waals surface area (Å²) in [7, 11) is 1.73. The SMILES string of the molecule is COCCC1(c2noc(C3CC3)n2)CCN(C(=O)CCc2c[nH]c3ccccc23)CC1. The Morgan fingerprint density at radius 1 is 1.29 bits per heavy atom. The van der Waals surface area contributed by atoms with Crippen molar-refractivity contribution in [3.8, 4) is 0 Å². The van der Waals surface area contributed by atoms with Crippen molar-refractivity contribution in [3.05, 3.63) is 47.7 Å². The molecule has 1 aromatic carbocycles. The molecule has 0 radical (unpaired) electrons. The number of aromatic amines is 1. The molecule has 1 N–H and O–H groups in total. The van der Waals surface area contributed by atoms with E-state index in [-0.39, 0.29) is 11.3 Å². The third-order valence-corrected chi connectivity index (χ3v) is 6.98. The van der Waals surface area contributed by atoms with E-state index in [0.29, 0.717) is 18.9 Å². The summed E-state index contributed by atoms with van der Waals surface area (Å²) in [6.45, 7) is 2.11. The zero-order valence-corrected chi connectivity index (χ0v) is 18.1. The molecule has 0 spiro atoms. The maximum atomic E-state index is 12.9. The van der Waals surface area contributed by atoms with Gasteiger partial charge in [0.25, 0.3) is 0 Å². The zero-order chi connectivity index (χ0) is 21.3. The Labute approximate surface area is 182 Å². The zero-order valence-electron chi connectivity index (χ0n) is 18.1. The normalized spacial score (nSPS) is 18.5. The molecule has 0 atom stereocenters. The lowest BCUT2D eigenvalue weighted by Gasteiger charge is -2.40. The largest absolute Gasteiger partial charge is 0.385 e. The molecular weight excluding hydrogens is 392 g/mol. The predicted octanol–water partition coefficient (Wildman–Crippen LogP) is 3.96. The standard InChI is InChI=1S/C24H30N4O3/c1-30-15-12-24(23-26-22(31-27-23)17-6-7-17)10-13-28(14-11-24)21(29)9-8-18-16-25-20-5-3-2-4-19(18)20/h2-5,16-17,25H,6-15H2,1H3. The molecule has 1 amide bonds. The number of hydrogen-bond acceptors (Lipinski definition) is 5. The molecule has 0 unspecified atom stereocenters. The van der Waals surface area contributed by atoms with Crippen LogP contribution < -0.4 is 0 Å². The molecule has 2 aromatic heterocycles. The average Bonchev–Trinajstić information content (AvgIpc) is 3.38. The summed E-state index contributed by atoms with van der Waals surface area (Å²) >= 11 is 0. The number of methoxy groups -OCH3 is 1. The fourth-order valence-electron chi connectivity index (χ4n) is 4.75. The number of fused-ring (bicyclic) bond motifs is 1. The summed E-state index contributed by atoms with van der Waals surface area (Å²) in [5, 5.41) is 5.55. The Morgan fingerprint density at radius 3 is 2.87 bits per heavy atom. The summed E-state index contributed by atoms with van der Waals surface area (Å²) < 4.78 is 10.9. The van der Waals surface area contributed by atoms with E-state index in [4.69, 9.17) is 14.2 Å². The molecule has 1 aliphatic heterocycles. The van der Waals surface area contributed by atoms with Gasteiger partial charge in [0.2, 0.25) is 11.8 Å². The van der Waals surface area contributed by atoms with E-state index in [2.05, 4.69) is 22.3 Å². The number of likely N-dealkylation sites (tertiary alicyclic amines) is 1. The number of carbonyl (C=O) groups excluding carboxylic acids is 1. The highest BCUT2D eigenvalue weighted by Crippen LogP contribution is 2.42. The molecule has 0 bridgehead atoms. The topological polar surface area (TPSA) is 84.2 Å². The van der Waals surface area contributed by atoms with Crippen LogP contribution in [0.25, 0.3) is 10.9 Å². The van der Waals surface area contributed by atoms with Crippen LogP contribution in [0, 0.1) is 0 Å². The van der Waals surface area contributed by atoms with Crippen molar-refractivity contribution in [2.75, 3.05) is 26.8 Å². The van der Waals surface area contributed by atoms with Crippen LogP contribution in [0.5, 0.6) is 0 Å². The number of aryl methyl sites for hydroxylation is 1. The van der Waals surface area contributed by atoms with Crippen LogP contribution >= 0.6 is 0 Å². The van der Waals surface area contributed by atoms with Gasteiger partial charge in [-0.25, -0.2) is 0 Å². The van der Waals surface area contributed by atoms with Crippen LogP contribution in [0.2, 0.25) is 0 Å². The van der Waals surface area contributed by atoms with Crippen molar-refractivity contribution in [2.24, 2.45) is 0 Å². The lowest BCUT2D eigenvalue weighted by atomic mass is 9.75. The van der Waals surface area contributed by atoms with Gasteiger partial charge < -0.3 is 19.1 Å². The Morgan fingerprint density at radius 2 is 2.10 bits per heavy atom. The van der Waals surface area contributed by atoms with Crippen molar-refractivity contribution in [1.29, 1.82) is 0 Å². The van der Waals surface area contributed by atoms with Gasteiger partial charge in [0.1, 0.15) is 0 Å². The van der Waals surface area contributed by atoms with E-state index in [1.165, 1.54) is 10.9 Å². The molecule has 5 rings (SSSR count). The van der Waals surface area contributed by atoms with E-state index in [0.717, 1.165) is 68.8 Å². The maximum Gasteiger partial charge on any atom is 0.229 e. The second kappa shape index (κ2) is 8.46. The van der Waals surface area contributed by atoms with Gasteiger partial charge >= 0.3 is 0 Å². The number of rotatable bonds is 8. The van der Waals surface area contributed by atoms with E-state index in [1.807, 2.05) is 23.2 Å². The van der Waals surface area contributed by atoms with Gasteiger partial charge in [-0.15, -0.1) is 0 Å². The first kappa shape index (κ1) is 20.2. The molecule has 1 aliphatic carbocycles. The van der Waals surface area contributed by atoms with Crippen LogP contribution in [0.1, 0.15) is 61.7 Å².